The molecule has 0 amide bonds. The molecule has 0 saturated heterocycles. The van der Waals surface area contributed by atoms with E-state index in [1.165, 1.54) is 0 Å². The van der Waals surface area contributed by atoms with Gasteiger partial charge in [0.2, 0.25) is 0 Å². The topological polar surface area (TPSA) is 44.1 Å². The molecule has 0 unspecified atom stereocenters. The third-order valence-electron chi connectivity index (χ3n) is 3.75. The molecule has 0 aliphatic rings. The van der Waals surface area contributed by atoms with Crippen LogP contribution in [0.25, 0.3) is 23.1 Å². The lowest BCUT2D eigenvalue weighted by atomic mass is 10.2. The monoisotopic (exact) mass is 306 g/mol. The Morgan fingerprint density at radius 1 is 1.09 bits per heavy atom. The van der Waals surface area contributed by atoms with Crippen LogP contribution >= 0.6 is 0 Å². The van der Waals surface area contributed by atoms with Crippen LogP contribution in [0.3, 0.4) is 0 Å². The predicted molar refractivity (Wildman–Crippen MR) is 93.6 cm³/mol. The van der Waals surface area contributed by atoms with Crippen molar-refractivity contribution in [3.05, 3.63) is 70.3 Å². The van der Waals surface area contributed by atoms with Gasteiger partial charge in [-0.3, -0.25) is 9.36 Å². The van der Waals surface area contributed by atoms with Gasteiger partial charge in [0.05, 0.1) is 18.0 Å². The molecule has 3 aromatic rings. The van der Waals surface area contributed by atoms with Crippen LogP contribution < -0.4 is 10.3 Å². The molecular weight excluding hydrogens is 288 g/mol. The Bertz CT molecular complexity index is 909. The first-order valence-corrected chi connectivity index (χ1v) is 7.54. The molecule has 2 aromatic carbocycles. The molecule has 0 atom stereocenters. The highest BCUT2D eigenvalue weighted by atomic mass is 16.5. The summed E-state index contributed by atoms with van der Waals surface area (Å²) in [6.07, 6.45) is 3.82. The van der Waals surface area contributed by atoms with Crippen LogP contribution in [0.5, 0.6) is 5.75 Å². The van der Waals surface area contributed by atoms with E-state index in [2.05, 4.69) is 4.98 Å². The van der Waals surface area contributed by atoms with Crippen molar-refractivity contribution >= 4 is 23.1 Å². The summed E-state index contributed by atoms with van der Waals surface area (Å²) in [5.41, 5.74) is 1.74. The van der Waals surface area contributed by atoms with Crippen LogP contribution in [0.1, 0.15) is 18.3 Å². The Kier molecular flexibility index (Phi) is 4.24. The molecule has 0 bridgehead atoms. The fourth-order valence-corrected chi connectivity index (χ4v) is 2.50. The Labute approximate surface area is 134 Å². The Balaban J connectivity index is 2.04. The van der Waals surface area contributed by atoms with Crippen molar-refractivity contribution in [1.82, 2.24) is 9.55 Å². The van der Waals surface area contributed by atoms with Gasteiger partial charge in [-0.05, 0) is 42.8 Å². The SMILES string of the molecule is CCn1c(C=Cc2ccc(OC)cc2)nc2ccccc2c1=O. The number of nitrogens with zero attached hydrogens (tertiary/aromatic N) is 2. The van der Waals surface area contributed by atoms with Crippen LogP contribution in [0.4, 0.5) is 0 Å². The highest BCUT2D eigenvalue weighted by Gasteiger charge is 2.07. The van der Waals surface area contributed by atoms with Gasteiger partial charge in [-0.15, -0.1) is 0 Å². The lowest BCUT2D eigenvalue weighted by Gasteiger charge is -2.08. The van der Waals surface area contributed by atoms with Crippen molar-refractivity contribution in [2.45, 2.75) is 13.5 Å². The Hall–Kier alpha value is -2.88. The molecule has 4 heteroatoms. The summed E-state index contributed by atoms with van der Waals surface area (Å²) < 4.78 is 6.83. The van der Waals surface area contributed by atoms with Crippen LogP contribution in [0.2, 0.25) is 0 Å². The molecule has 0 radical (unpaired) electrons. The van der Waals surface area contributed by atoms with E-state index in [4.69, 9.17) is 4.74 Å². The van der Waals surface area contributed by atoms with Crippen LogP contribution in [0.15, 0.2) is 53.3 Å². The Morgan fingerprint density at radius 3 is 2.52 bits per heavy atom. The quantitative estimate of drug-likeness (QED) is 0.740. The van der Waals surface area contributed by atoms with E-state index in [9.17, 15) is 4.79 Å². The number of benzene rings is 2. The molecule has 116 valence electrons. The minimum atomic E-state index is -0.00696. The zero-order valence-electron chi connectivity index (χ0n) is 13.2. The molecule has 3 rings (SSSR count). The minimum absolute atomic E-state index is 0.00696. The van der Waals surface area contributed by atoms with Gasteiger partial charge in [-0.2, -0.15) is 0 Å². The fourth-order valence-electron chi connectivity index (χ4n) is 2.50. The average Bonchev–Trinajstić information content (AvgIpc) is 2.60. The standard InChI is InChI=1S/C19H18N2O2/c1-3-21-18(13-10-14-8-11-15(23-2)12-9-14)20-17-7-5-4-6-16(17)19(21)22/h4-13H,3H2,1-2H3. The van der Waals surface area contributed by atoms with Crippen molar-refractivity contribution in [2.24, 2.45) is 0 Å². The van der Waals surface area contributed by atoms with Gasteiger partial charge in [0.25, 0.3) is 5.56 Å². The molecule has 1 heterocycles. The summed E-state index contributed by atoms with van der Waals surface area (Å²) >= 11 is 0. The smallest absolute Gasteiger partial charge is 0.261 e. The summed E-state index contributed by atoms with van der Waals surface area (Å²) in [7, 11) is 1.64. The van der Waals surface area contributed by atoms with Gasteiger partial charge in [-0.1, -0.05) is 30.3 Å². The van der Waals surface area contributed by atoms with E-state index in [0.29, 0.717) is 17.8 Å². The first kappa shape index (κ1) is 15.0. The lowest BCUT2D eigenvalue weighted by molar-refractivity contribution is 0.415. The number of para-hydroxylation sites is 1. The zero-order chi connectivity index (χ0) is 16.2. The van der Waals surface area contributed by atoms with Gasteiger partial charge in [0.1, 0.15) is 11.6 Å². The second kappa shape index (κ2) is 6.48. The first-order valence-electron chi connectivity index (χ1n) is 7.54. The maximum absolute atomic E-state index is 12.5. The van der Waals surface area contributed by atoms with E-state index in [1.54, 1.807) is 11.7 Å². The van der Waals surface area contributed by atoms with Crippen molar-refractivity contribution in [1.29, 1.82) is 0 Å². The second-order valence-electron chi connectivity index (χ2n) is 5.14. The van der Waals surface area contributed by atoms with Gasteiger partial charge in [0.15, 0.2) is 0 Å². The number of hydrogen-bond donors (Lipinski definition) is 0. The Morgan fingerprint density at radius 2 is 1.83 bits per heavy atom. The van der Waals surface area contributed by atoms with Crippen LogP contribution in [-0.2, 0) is 6.54 Å². The van der Waals surface area contributed by atoms with Crippen molar-refractivity contribution in [3.8, 4) is 5.75 Å². The summed E-state index contributed by atoms with van der Waals surface area (Å²) in [6, 6.07) is 15.2. The molecule has 0 fully saturated rings. The van der Waals surface area contributed by atoms with Gasteiger partial charge in [-0.25, -0.2) is 4.98 Å². The third kappa shape index (κ3) is 3.01. The first-order chi connectivity index (χ1) is 11.2. The molecule has 0 aliphatic carbocycles. The number of hydrogen-bond acceptors (Lipinski definition) is 3. The van der Waals surface area contributed by atoms with Crippen LogP contribution in [-0.4, -0.2) is 16.7 Å². The van der Waals surface area contributed by atoms with E-state index < -0.39 is 0 Å². The number of ether oxygens (including phenoxy) is 1. The number of methoxy groups -OCH3 is 1. The van der Waals surface area contributed by atoms with Crippen molar-refractivity contribution in [3.63, 3.8) is 0 Å². The molecule has 0 spiro atoms. The van der Waals surface area contributed by atoms with Crippen molar-refractivity contribution < 1.29 is 4.74 Å². The molecule has 23 heavy (non-hydrogen) atoms. The third-order valence-corrected chi connectivity index (χ3v) is 3.75. The van der Waals surface area contributed by atoms with Gasteiger partial charge in [0, 0.05) is 6.54 Å². The molecule has 0 saturated carbocycles. The zero-order valence-corrected chi connectivity index (χ0v) is 13.2. The molecule has 0 N–H and O–H groups in total. The van der Waals surface area contributed by atoms with E-state index in [0.717, 1.165) is 16.8 Å². The lowest BCUT2D eigenvalue weighted by Crippen LogP contribution is -2.22. The van der Waals surface area contributed by atoms with E-state index >= 15 is 0 Å². The number of rotatable bonds is 4. The highest BCUT2D eigenvalue weighted by Crippen LogP contribution is 2.14. The van der Waals surface area contributed by atoms with Crippen LogP contribution in [0, 0.1) is 0 Å². The van der Waals surface area contributed by atoms with Gasteiger partial charge >= 0.3 is 0 Å². The number of fused-ring (bicyclic) bond motifs is 1. The maximum Gasteiger partial charge on any atom is 0.261 e. The highest BCUT2D eigenvalue weighted by molar-refractivity contribution is 5.79. The minimum Gasteiger partial charge on any atom is -0.497 e. The fraction of sp³-hybridized carbons (Fsp3) is 0.158. The second-order valence-corrected chi connectivity index (χ2v) is 5.14. The summed E-state index contributed by atoms with van der Waals surface area (Å²) in [6.45, 7) is 2.53. The van der Waals surface area contributed by atoms with E-state index in [-0.39, 0.29) is 5.56 Å². The average molecular weight is 306 g/mol. The summed E-state index contributed by atoms with van der Waals surface area (Å²) in [4.78, 5) is 17.2. The predicted octanol–water partition coefficient (Wildman–Crippen LogP) is 3.60. The molecule has 1 aromatic heterocycles. The van der Waals surface area contributed by atoms with Crippen molar-refractivity contribution in [2.75, 3.05) is 7.11 Å². The summed E-state index contributed by atoms with van der Waals surface area (Å²) in [5.74, 6) is 1.48. The molecule has 4 nitrogen and oxygen atoms in total. The molecular formula is C19H18N2O2. The van der Waals surface area contributed by atoms with E-state index in [1.807, 2.05) is 67.6 Å². The number of aromatic nitrogens is 2. The maximum atomic E-state index is 12.5. The van der Waals surface area contributed by atoms with Gasteiger partial charge < -0.3 is 4.74 Å². The normalized spacial score (nSPS) is 11.2. The summed E-state index contributed by atoms with van der Waals surface area (Å²) in [5, 5.41) is 0.649. The molecule has 0 aliphatic heterocycles. The largest absolute Gasteiger partial charge is 0.497 e.